The first-order valence-corrected chi connectivity index (χ1v) is 9.21. The number of pyridine rings is 1. The Hall–Kier alpha value is -3.05. The van der Waals surface area contributed by atoms with Crippen molar-refractivity contribution in [2.24, 2.45) is 0 Å². The van der Waals surface area contributed by atoms with Gasteiger partial charge in [0.15, 0.2) is 5.76 Å². The molecule has 1 aliphatic carbocycles. The average molecular weight is 373 g/mol. The summed E-state index contributed by atoms with van der Waals surface area (Å²) < 4.78 is 6.72. The molecule has 0 radical (unpaired) electrons. The number of aromatic nitrogens is 3. The molecule has 5 heteroatoms. The molecule has 3 aromatic rings. The minimum atomic E-state index is 0.450. The number of aromatic amines is 1. The van der Waals surface area contributed by atoms with Crippen LogP contribution in [0.3, 0.4) is 0 Å². The molecular weight excluding hydrogens is 354 g/mol. The molecule has 1 aromatic carbocycles. The van der Waals surface area contributed by atoms with E-state index in [0.29, 0.717) is 16.1 Å². The Kier molecular flexibility index (Phi) is 4.69. The minimum Gasteiger partial charge on any atom is -0.438 e. The van der Waals surface area contributed by atoms with E-state index >= 15 is 0 Å². The number of benzene rings is 1. The highest BCUT2D eigenvalue weighted by atomic mass is 32.1. The molecule has 1 N–H and O–H groups in total. The van der Waals surface area contributed by atoms with Crippen LogP contribution in [-0.4, -0.2) is 15.0 Å². The van der Waals surface area contributed by atoms with Crippen molar-refractivity contribution in [2.45, 2.75) is 19.8 Å². The van der Waals surface area contributed by atoms with E-state index in [-0.39, 0.29) is 0 Å². The van der Waals surface area contributed by atoms with Gasteiger partial charge in [0.25, 0.3) is 0 Å². The Bertz CT molecular complexity index is 1100. The molecule has 4 nitrogen and oxygen atoms in total. The summed E-state index contributed by atoms with van der Waals surface area (Å²) in [6.45, 7) is 6.21. The fraction of sp³-hybridized carbons (Fsp3) is 0.136. The maximum absolute atomic E-state index is 6.27. The number of fused-ring (bicyclic) bond motifs is 1. The van der Waals surface area contributed by atoms with Crippen LogP contribution in [-0.2, 0) is 6.42 Å². The highest BCUT2D eigenvalue weighted by Gasteiger charge is 2.20. The predicted octanol–water partition coefficient (Wildman–Crippen LogP) is 5.27. The molecule has 2 aromatic heterocycles. The molecule has 0 spiro atoms. The largest absolute Gasteiger partial charge is 0.438 e. The van der Waals surface area contributed by atoms with Crippen LogP contribution < -0.4 is 4.74 Å². The summed E-state index contributed by atoms with van der Waals surface area (Å²) >= 11 is 5.48. The fourth-order valence-electron chi connectivity index (χ4n) is 3.17. The molecular formula is C22H19N3OS. The van der Waals surface area contributed by atoms with Crippen molar-refractivity contribution < 1.29 is 4.74 Å². The SMILES string of the molecule is C=C(c1ccccc1)c1c(OC2=CCCc3ccc(C)nc32)[nH]cnc1=S. The van der Waals surface area contributed by atoms with Gasteiger partial charge in [0, 0.05) is 5.69 Å². The van der Waals surface area contributed by atoms with Crippen LogP contribution >= 0.6 is 12.2 Å². The number of ether oxygens (including phenoxy) is 1. The molecule has 0 atom stereocenters. The van der Waals surface area contributed by atoms with Crippen molar-refractivity contribution in [3.63, 3.8) is 0 Å². The third kappa shape index (κ3) is 3.46. The quantitative estimate of drug-likeness (QED) is 0.633. The normalized spacial score (nSPS) is 12.9. The summed E-state index contributed by atoms with van der Waals surface area (Å²) in [6.07, 6.45) is 5.49. The van der Waals surface area contributed by atoms with Gasteiger partial charge in [-0.25, -0.2) is 9.97 Å². The van der Waals surface area contributed by atoms with Crippen LogP contribution in [0.2, 0.25) is 0 Å². The number of hydrogen-bond acceptors (Lipinski definition) is 4. The van der Waals surface area contributed by atoms with Crippen molar-refractivity contribution in [3.8, 4) is 5.88 Å². The van der Waals surface area contributed by atoms with Gasteiger partial charge in [-0.1, -0.05) is 55.2 Å². The number of hydrogen-bond donors (Lipinski definition) is 1. The van der Waals surface area contributed by atoms with Gasteiger partial charge >= 0.3 is 0 Å². The lowest BCUT2D eigenvalue weighted by molar-refractivity contribution is 0.481. The average Bonchev–Trinajstić information content (AvgIpc) is 2.69. The molecule has 0 saturated carbocycles. The lowest BCUT2D eigenvalue weighted by atomic mass is 10.00. The van der Waals surface area contributed by atoms with Crippen LogP contribution in [0.1, 0.15) is 34.5 Å². The van der Waals surface area contributed by atoms with E-state index in [0.717, 1.165) is 41.1 Å². The summed E-state index contributed by atoms with van der Waals surface area (Å²) in [5.74, 6) is 1.27. The molecule has 1 aliphatic rings. The van der Waals surface area contributed by atoms with E-state index in [9.17, 15) is 0 Å². The van der Waals surface area contributed by atoms with Gasteiger partial charge in [-0.05, 0) is 48.6 Å². The van der Waals surface area contributed by atoms with E-state index in [1.807, 2.05) is 43.3 Å². The van der Waals surface area contributed by atoms with Crippen LogP contribution in [0.4, 0.5) is 0 Å². The molecule has 2 heterocycles. The van der Waals surface area contributed by atoms with Gasteiger partial charge in [0.05, 0.1) is 11.9 Å². The van der Waals surface area contributed by atoms with Crippen molar-refractivity contribution in [3.05, 3.63) is 94.2 Å². The van der Waals surface area contributed by atoms with Crippen molar-refractivity contribution in [2.75, 3.05) is 0 Å². The van der Waals surface area contributed by atoms with Gasteiger partial charge in [-0.2, -0.15) is 0 Å². The highest BCUT2D eigenvalue weighted by Crippen LogP contribution is 2.33. The third-order valence-electron chi connectivity index (χ3n) is 4.55. The zero-order valence-electron chi connectivity index (χ0n) is 15.0. The first-order valence-electron chi connectivity index (χ1n) is 8.81. The molecule has 0 saturated heterocycles. The molecule has 4 rings (SSSR count). The van der Waals surface area contributed by atoms with Crippen LogP contribution in [0.25, 0.3) is 11.3 Å². The smallest absolute Gasteiger partial charge is 0.209 e. The summed E-state index contributed by atoms with van der Waals surface area (Å²) in [4.78, 5) is 12.0. The Balaban J connectivity index is 1.76. The topological polar surface area (TPSA) is 50.8 Å². The van der Waals surface area contributed by atoms with Crippen LogP contribution in [0, 0.1) is 11.6 Å². The second-order valence-corrected chi connectivity index (χ2v) is 6.81. The molecule has 0 bridgehead atoms. The predicted molar refractivity (Wildman–Crippen MR) is 110 cm³/mol. The fourth-order valence-corrected chi connectivity index (χ4v) is 3.44. The second-order valence-electron chi connectivity index (χ2n) is 6.43. The summed E-state index contributed by atoms with van der Waals surface area (Å²) in [5, 5.41) is 0. The Morgan fingerprint density at radius 1 is 1.19 bits per heavy atom. The Morgan fingerprint density at radius 2 is 2.00 bits per heavy atom. The van der Waals surface area contributed by atoms with Gasteiger partial charge in [0.1, 0.15) is 10.3 Å². The zero-order valence-corrected chi connectivity index (χ0v) is 15.8. The van der Waals surface area contributed by atoms with E-state index in [1.165, 1.54) is 5.56 Å². The van der Waals surface area contributed by atoms with Crippen LogP contribution in [0.15, 0.2) is 61.4 Å². The van der Waals surface area contributed by atoms with Crippen LogP contribution in [0.5, 0.6) is 5.88 Å². The number of H-pyrrole nitrogens is 1. The van der Waals surface area contributed by atoms with E-state index in [1.54, 1.807) is 6.33 Å². The molecule has 0 fully saturated rings. The lowest BCUT2D eigenvalue weighted by Gasteiger charge is -2.19. The number of allylic oxidation sites excluding steroid dienone is 1. The summed E-state index contributed by atoms with van der Waals surface area (Å²) in [5.41, 5.74) is 5.47. The van der Waals surface area contributed by atoms with Gasteiger partial charge in [-0.15, -0.1) is 0 Å². The van der Waals surface area contributed by atoms with Crippen molar-refractivity contribution in [1.29, 1.82) is 0 Å². The van der Waals surface area contributed by atoms with Crippen molar-refractivity contribution in [1.82, 2.24) is 15.0 Å². The first-order chi connectivity index (χ1) is 13.1. The number of nitrogens with zero attached hydrogens (tertiary/aromatic N) is 2. The monoisotopic (exact) mass is 373 g/mol. The highest BCUT2D eigenvalue weighted by molar-refractivity contribution is 7.71. The molecule has 0 amide bonds. The minimum absolute atomic E-state index is 0.450. The first kappa shape index (κ1) is 17.4. The Labute approximate surface area is 163 Å². The van der Waals surface area contributed by atoms with Crippen molar-refractivity contribution >= 4 is 23.6 Å². The number of nitrogens with one attached hydrogen (secondary N) is 1. The van der Waals surface area contributed by atoms with E-state index in [4.69, 9.17) is 17.0 Å². The number of rotatable bonds is 4. The summed E-state index contributed by atoms with van der Waals surface area (Å²) in [6, 6.07) is 14.0. The molecule has 134 valence electrons. The second kappa shape index (κ2) is 7.29. The van der Waals surface area contributed by atoms with Gasteiger partial charge in [-0.3, -0.25) is 0 Å². The molecule has 27 heavy (non-hydrogen) atoms. The zero-order chi connectivity index (χ0) is 18.8. The van der Waals surface area contributed by atoms with Gasteiger partial charge in [0.2, 0.25) is 5.88 Å². The maximum atomic E-state index is 6.27. The standard InChI is InChI=1S/C22H19N3OS/c1-14-11-12-17-9-6-10-18(20(17)25-14)26-21-19(22(27)24-13-23-21)15(2)16-7-4-3-5-8-16/h3-5,7-8,10-13H,2,6,9H2,1H3,(H,23,24,27). The van der Waals surface area contributed by atoms with E-state index in [2.05, 4.69) is 33.7 Å². The van der Waals surface area contributed by atoms with E-state index < -0.39 is 0 Å². The lowest BCUT2D eigenvalue weighted by Crippen LogP contribution is -2.10. The molecule has 0 aliphatic heterocycles. The maximum Gasteiger partial charge on any atom is 0.209 e. The van der Waals surface area contributed by atoms with Gasteiger partial charge < -0.3 is 9.72 Å². The number of aryl methyl sites for hydroxylation is 2. The Morgan fingerprint density at radius 3 is 2.81 bits per heavy atom. The summed E-state index contributed by atoms with van der Waals surface area (Å²) in [7, 11) is 0. The molecule has 0 unspecified atom stereocenters. The third-order valence-corrected chi connectivity index (χ3v) is 4.86.